The predicted molar refractivity (Wildman–Crippen MR) is 94.0 cm³/mol. The summed E-state index contributed by atoms with van der Waals surface area (Å²) in [4.78, 5) is 0. The maximum Gasteiger partial charge on any atom is 0.138 e. The average molecular weight is 352 g/mol. The second kappa shape index (κ2) is 6.97. The molecule has 0 saturated heterocycles. The van der Waals surface area contributed by atoms with Crippen molar-refractivity contribution in [1.29, 1.82) is 0 Å². The van der Waals surface area contributed by atoms with E-state index in [1.165, 1.54) is 16.5 Å². The highest BCUT2D eigenvalue weighted by molar-refractivity contribution is 9.10. The Hall–Kier alpha value is -0.800. The highest BCUT2D eigenvalue weighted by atomic mass is 79.9. The van der Waals surface area contributed by atoms with Crippen molar-refractivity contribution < 1.29 is 4.42 Å². The Balaban J connectivity index is 2.57. The van der Waals surface area contributed by atoms with E-state index in [-0.39, 0.29) is 0 Å². The first-order valence-electron chi connectivity index (χ1n) is 7.91. The van der Waals surface area contributed by atoms with Crippen molar-refractivity contribution in [3.05, 3.63) is 33.5 Å². The molecule has 0 aliphatic heterocycles. The molecule has 1 N–H and O–H groups in total. The highest BCUT2D eigenvalue weighted by Gasteiger charge is 2.18. The van der Waals surface area contributed by atoms with Crippen molar-refractivity contribution in [3.8, 4) is 0 Å². The summed E-state index contributed by atoms with van der Waals surface area (Å²) >= 11 is 3.65. The molecule has 3 heteroatoms. The minimum Gasteiger partial charge on any atom is -0.459 e. The van der Waals surface area contributed by atoms with Crippen LogP contribution in [0, 0.1) is 0 Å². The summed E-state index contributed by atoms with van der Waals surface area (Å²) in [6.07, 6.45) is 2.20. The van der Waals surface area contributed by atoms with E-state index >= 15 is 0 Å². The number of furan rings is 1. The largest absolute Gasteiger partial charge is 0.459 e. The fraction of sp³-hybridized carbons (Fsp3) is 0.556. The van der Waals surface area contributed by atoms with Crippen molar-refractivity contribution in [2.75, 3.05) is 0 Å². The van der Waals surface area contributed by atoms with Gasteiger partial charge in [0.2, 0.25) is 0 Å². The Kier molecular flexibility index (Phi) is 5.50. The Morgan fingerprint density at radius 2 is 1.90 bits per heavy atom. The van der Waals surface area contributed by atoms with Crippen molar-refractivity contribution in [2.45, 2.75) is 66.0 Å². The highest BCUT2D eigenvalue weighted by Crippen LogP contribution is 2.35. The van der Waals surface area contributed by atoms with Crippen molar-refractivity contribution in [3.63, 3.8) is 0 Å². The lowest BCUT2D eigenvalue weighted by atomic mass is 9.98. The number of hydrogen-bond donors (Lipinski definition) is 1. The van der Waals surface area contributed by atoms with Crippen molar-refractivity contribution in [1.82, 2.24) is 5.32 Å². The summed E-state index contributed by atoms with van der Waals surface area (Å²) in [6, 6.07) is 4.85. The molecule has 21 heavy (non-hydrogen) atoms. The van der Waals surface area contributed by atoms with Crippen LogP contribution in [0.2, 0.25) is 0 Å². The van der Waals surface area contributed by atoms with Gasteiger partial charge in [-0.05, 0) is 30.0 Å². The number of fused-ring (bicyclic) bond motifs is 1. The Morgan fingerprint density at radius 1 is 1.19 bits per heavy atom. The molecule has 0 saturated carbocycles. The third-order valence-corrected chi connectivity index (χ3v) is 4.22. The molecule has 0 atom stereocenters. The average Bonchev–Trinajstić information content (AvgIpc) is 2.74. The number of rotatable bonds is 6. The van der Waals surface area contributed by atoms with Gasteiger partial charge in [0.05, 0.1) is 6.54 Å². The van der Waals surface area contributed by atoms with Crippen molar-refractivity contribution in [2.24, 2.45) is 0 Å². The molecule has 1 aromatic carbocycles. The van der Waals surface area contributed by atoms with Crippen LogP contribution in [0.25, 0.3) is 11.0 Å². The fourth-order valence-electron chi connectivity index (χ4n) is 2.68. The molecule has 0 fully saturated rings. The summed E-state index contributed by atoms with van der Waals surface area (Å²) in [6.45, 7) is 11.8. The van der Waals surface area contributed by atoms with E-state index in [2.05, 4.69) is 68.0 Å². The zero-order chi connectivity index (χ0) is 15.6. The second-order valence-electron chi connectivity index (χ2n) is 6.32. The summed E-state index contributed by atoms with van der Waals surface area (Å²) in [7, 11) is 0. The monoisotopic (exact) mass is 351 g/mol. The lowest BCUT2D eigenvalue weighted by Gasteiger charge is -2.07. The molecule has 0 bridgehead atoms. The Labute approximate surface area is 136 Å². The summed E-state index contributed by atoms with van der Waals surface area (Å²) in [5.74, 6) is 1.55. The zero-order valence-electron chi connectivity index (χ0n) is 13.7. The molecule has 0 aliphatic rings. The lowest BCUT2D eigenvalue weighted by molar-refractivity contribution is 0.480. The first-order chi connectivity index (χ1) is 9.93. The number of halogens is 1. The standard InChI is InChI=1S/C18H26BrNO/c1-6-7-14-16-9-13(19)8-15(11(2)3)18(16)21-17(14)10-20-12(4)5/h8-9,11-12,20H,6-7,10H2,1-5H3. The molecule has 0 amide bonds. The molecule has 0 radical (unpaired) electrons. The zero-order valence-corrected chi connectivity index (χ0v) is 15.3. The quantitative estimate of drug-likeness (QED) is 0.714. The van der Waals surface area contributed by atoms with Gasteiger partial charge in [0.25, 0.3) is 0 Å². The van der Waals surface area contributed by atoms with Gasteiger partial charge in [-0.1, -0.05) is 57.0 Å². The van der Waals surface area contributed by atoms with E-state index in [9.17, 15) is 0 Å². The third-order valence-electron chi connectivity index (χ3n) is 3.76. The fourth-order valence-corrected chi connectivity index (χ4v) is 3.16. The smallest absolute Gasteiger partial charge is 0.138 e. The minimum absolute atomic E-state index is 0.455. The normalized spacial score (nSPS) is 12.0. The second-order valence-corrected chi connectivity index (χ2v) is 7.23. The third kappa shape index (κ3) is 3.70. The van der Waals surface area contributed by atoms with Gasteiger partial charge in [0.1, 0.15) is 11.3 Å². The number of aryl methyl sites for hydroxylation is 1. The van der Waals surface area contributed by atoms with Gasteiger partial charge >= 0.3 is 0 Å². The SMILES string of the molecule is CCCc1c(CNC(C)C)oc2c(C(C)C)cc(Br)cc12. The number of benzene rings is 1. The molecular formula is C18H26BrNO. The lowest BCUT2D eigenvalue weighted by Crippen LogP contribution is -2.22. The molecular weight excluding hydrogens is 326 g/mol. The van der Waals surface area contributed by atoms with Gasteiger partial charge in [0.15, 0.2) is 0 Å². The molecule has 1 aromatic heterocycles. The van der Waals surface area contributed by atoms with Gasteiger partial charge in [-0.15, -0.1) is 0 Å². The van der Waals surface area contributed by atoms with Gasteiger partial charge in [-0.25, -0.2) is 0 Å². The summed E-state index contributed by atoms with van der Waals surface area (Å²) in [5, 5.41) is 4.75. The van der Waals surface area contributed by atoms with E-state index < -0.39 is 0 Å². The Morgan fingerprint density at radius 3 is 2.48 bits per heavy atom. The first-order valence-corrected chi connectivity index (χ1v) is 8.70. The van der Waals surface area contributed by atoms with Crippen LogP contribution in [0.1, 0.15) is 63.8 Å². The maximum atomic E-state index is 6.27. The molecule has 2 nitrogen and oxygen atoms in total. The van der Waals surface area contributed by atoms with Crippen LogP contribution >= 0.6 is 15.9 Å². The number of hydrogen-bond acceptors (Lipinski definition) is 2. The van der Waals surface area contributed by atoms with Crippen LogP contribution in [-0.4, -0.2) is 6.04 Å². The molecule has 0 aliphatic carbocycles. The first kappa shape index (κ1) is 16.6. The van der Waals surface area contributed by atoms with Crippen LogP contribution in [0.5, 0.6) is 0 Å². The summed E-state index contributed by atoms with van der Waals surface area (Å²) in [5.41, 5.74) is 3.72. The van der Waals surface area contributed by atoms with Gasteiger partial charge in [-0.3, -0.25) is 0 Å². The van der Waals surface area contributed by atoms with E-state index in [4.69, 9.17) is 4.42 Å². The van der Waals surface area contributed by atoms with Crippen LogP contribution in [0.15, 0.2) is 21.0 Å². The van der Waals surface area contributed by atoms with Gasteiger partial charge < -0.3 is 9.73 Å². The van der Waals surface area contributed by atoms with Gasteiger partial charge in [0, 0.05) is 21.5 Å². The predicted octanol–water partition coefficient (Wildman–Crippen LogP) is 5.77. The Bertz CT molecular complexity index is 613. The molecule has 2 aromatic rings. The summed E-state index contributed by atoms with van der Waals surface area (Å²) < 4.78 is 7.41. The van der Waals surface area contributed by atoms with E-state index in [1.54, 1.807) is 0 Å². The molecule has 1 heterocycles. The van der Waals surface area contributed by atoms with Crippen LogP contribution < -0.4 is 5.32 Å². The van der Waals surface area contributed by atoms with Crippen LogP contribution in [-0.2, 0) is 13.0 Å². The molecule has 0 unspecified atom stereocenters. The van der Waals surface area contributed by atoms with E-state index in [0.717, 1.165) is 35.2 Å². The molecule has 0 spiro atoms. The van der Waals surface area contributed by atoms with Crippen molar-refractivity contribution >= 4 is 26.9 Å². The maximum absolute atomic E-state index is 6.27. The molecule has 116 valence electrons. The topological polar surface area (TPSA) is 25.2 Å². The van der Waals surface area contributed by atoms with Crippen LogP contribution in [0.4, 0.5) is 0 Å². The minimum atomic E-state index is 0.455. The van der Waals surface area contributed by atoms with E-state index in [0.29, 0.717) is 12.0 Å². The van der Waals surface area contributed by atoms with Crippen LogP contribution in [0.3, 0.4) is 0 Å². The van der Waals surface area contributed by atoms with Gasteiger partial charge in [-0.2, -0.15) is 0 Å². The van der Waals surface area contributed by atoms with E-state index in [1.807, 2.05) is 0 Å². The number of nitrogens with one attached hydrogen (secondary N) is 1. The molecule has 2 rings (SSSR count).